The lowest BCUT2D eigenvalue weighted by Gasteiger charge is -2.39. The molecular weight excluding hydrogens is 212 g/mol. The summed E-state index contributed by atoms with van der Waals surface area (Å²) in [6.07, 6.45) is 1.99. The minimum Gasteiger partial charge on any atom is -0.318 e. The monoisotopic (exact) mass is 234 g/mol. The minimum atomic E-state index is 0.0820. The van der Waals surface area contributed by atoms with Gasteiger partial charge in [-0.2, -0.15) is 0 Å². The molecule has 2 heterocycles. The van der Waals surface area contributed by atoms with Crippen LogP contribution in [-0.2, 0) is 7.05 Å². The van der Waals surface area contributed by atoms with E-state index >= 15 is 0 Å². The summed E-state index contributed by atoms with van der Waals surface area (Å²) >= 11 is 0. The highest BCUT2D eigenvalue weighted by atomic mass is 16.1. The van der Waals surface area contributed by atoms with Gasteiger partial charge in [0.25, 0.3) is 5.56 Å². The van der Waals surface area contributed by atoms with E-state index in [2.05, 4.69) is 39.5 Å². The molecule has 2 unspecified atom stereocenters. The predicted octanol–water partition coefficient (Wildman–Crippen LogP) is 2.62. The lowest BCUT2D eigenvalue weighted by Crippen LogP contribution is -2.40. The molecule has 0 fully saturated rings. The van der Waals surface area contributed by atoms with Crippen LogP contribution >= 0.6 is 0 Å². The van der Waals surface area contributed by atoms with Gasteiger partial charge in [-0.3, -0.25) is 9.69 Å². The molecule has 2 atom stereocenters. The molecule has 3 nitrogen and oxygen atoms in total. The molecule has 0 saturated heterocycles. The Morgan fingerprint density at radius 1 is 1.12 bits per heavy atom. The van der Waals surface area contributed by atoms with Crippen molar-refractivity contribution in [2.75, 3.05) is 0 Å². The molecule has 1 aromatic heterocycles. The molecular formula is C14H22N2O. The van der Waals surface area contributed by atoms with Crippen molar-refractivity contribution in [1.29, 1.82) is 0 Å². The van der Waals surface area contributed by atoms with Crippen molar-refractivity contribution < 1.29 is 0 Å². The average molecular weight is 234 g/mol. The number of pyridine rings is 1. The van der Waals surface area contributed by atoms with Gasteiger partial charge in [0.1, 0.15) is 0 Å². The fourth-order valence-electron chi connectivity index (χ4n) is 3.17. The molecule has 0 bridgehead atoms. The van der Waals surface area contributed by atoms with Crippen LogP contribution in [0.1, 0.15) is 57.8 Å². The second-order valence-corrected chi connectivity index (χ2v) is 6.06. The standard InChI is InChI=1S/C14H22N2O/c1-9-11-7-13(17)15(6)8-12(11)10(2)16(9)14(3,4)5/h7-10H,1-6H3. The molecule has 2 rings (SSSR count). The zero-order chi connectivity index (χ0) is 13.0. The molecule has 1 aliphatic rings. The largest absolute Gasteiger partial charge is 0.318 e. The Labute approximate surface area is 103 Å². The van der Waals surface area contributed by atoms with Crippen LogP contribution in [0.5, 0.6) is 0 Å². The first-order valence-electron chi connectivity index (χ1n) is 6.22. The Morgan fingerprint density at radius 3 is 2.18 bits per heavy atom. The summed E-state index contributed by atoms with van der Waals surface area (Å²) in [5, 5.41) is 0. The Kier molecular flexibility index (Phi) is 2.69. The molecule has 0 radical (unpaired) electrons. The van der Waals surface area contributed by atoms with Gasteiger partial charge >= 0.3 is 0 Å². The summed E-state index contributed by atoms with van der Waals surface area (Å²) in [6.45, 7) is 11.1. The van der Waals surface area contributed by atoms with Crippen molar-refractivity contribution >= 4 is 0 Å². The van der Waals surface area contributed by atoms with E-state index in [1.165, 1.54) is 11.1 Å². The van der Waals surface area contributed by atoms with E-state index in [1.807, 2.05) is 13.2 Å². The fourth-order valence-corrected chi connectivity index (χ4v) is 3.17. The Bertz CT molecular complexity index is 496. The van der Waals surface area contributed by atoms with Gasteiger partial charge in [-0.05, 0) is 45.7 Å². The number of nitrogens with zero attached hydrogens (tertiary/aromatic N) is 2. The van der Waals surface area contributed by atoms with Crippen molar-refractivity contribution in [2.45, 2.75) is 52.2 Å². The highest BCUT2D eigenvalue weighted by molar-refractivity contribution is 5.35. The second kappa shape index (κ2) is 3.70. The van der Waals surface area contributed by atoms with Crippen molar-refractivity contribution in [3.63, 3.8) is 0 Å². The molecule has 0 saturated carbocycles. The quantitative estimate of drug-likeness (QED) is 0.689. The molecule has 0 aliphatic carbocycles. The van der Waals surface area contributed by atoms with Gasteiger partial charge in [0.05, 0.1) is 0 Å². The van der Waals surface area contributed by atoms with Crippen LogP contribution in [0, 0.1) is 0 Å². The number of aryl methyl sites for hydroxylation is 1. The highest BCUT2D eigenvalue weighted by Crippen LogP contribution is 2.44. The summed E-state index contributed by atoms with van der Waals surface area (Å²) < 4.78 is 1.67. The third kappa shape index (κ3) is 1.82. The summed E-state index contributed by atoms with van der Waals surface area (Å²) in [5.74, 6) is 0. The van der Waals surface area contributed by atoms with E-state index in [1.54, 1.807) is 10.6 Å². The van der Waals surface area contributed by atoms with Gasteiger partial charge in [0.15, 0.2) is 0 Å². The topological polar surface area (TPSA) is 25.2 Å². The minimum absolute atomic E-state index is 0.0820. The van der Waals surface area contributed by atoms with E-state index in [-0.39, 0.29) is 11.1 Å². The van der Waals surface area contributed by atoms with Crippen LogP contribution < -0.4 is 5.56 Å². The molecule has 0 spiro atoms. The maximum Gasteiger partial charge on any atom is 0.250 e. The van der Waals surface area contributed by atoms with Crippen LogP contribution in [0.15, 0.2) is 17.1 Å². The van der Waals surface area contributed by atoms with E-state index in [0.29, 0.717) is 12.1 Å². The Hall–Kier alpha value is -1.09. The molecule has 3 heteroatoms. The van der Waals surface area contributed by atoms with Crippen LogP contribution in [-0.4, -0.2) is 15.0 Å². The molecule has 1 aromatic rings. The van der Waals surface area contributed by atoms with E-state index < -0.39 is 0 Å². The van der Waals surface area contributed by atoms with E-state index in [4.69, 9.17) is 0 Å². The first kappa shape index (κ1) is 12.4. The summed E-state index contributed by atoms with van der Waals surface area (Å²) in [5.41, 5.74) is 2.67. The van der Waals surface area contributed by atoms with Crippen LogP contribution in [0.3, 0.4) is 0 Å². The van der Waals surface area contributed by atoms with Gasteiger partial charge in [0, 0.05) is 36.9 Å². The lowest BCUT2D eigenvalue weighted by atomic mass is 10.0. The maximum absolute atomic E-state index is 11.7. The summed E-state index contributed by atoms with van der Waals surface area (Å²) in [7, 11) is 1.82. The number of aromatic nitrogens is 1. The van der Waals surface area contributed by atoms with Gasteiger partial charge in [0.2, 0.25) is 0 Å². The van der Waals surface area contributed by atoms with Crippen molar-refractivity contribution in [3.05, 3.63) is 33.7 Å². The van der Waals surface area contributed by atoms with E-state index in [0.717, 1.165) is 0 Å². The van der Waals surface area contributed by atoms with Crippen molar-refractivity contribution in [3.8, 4) is 0 Å². The normalized spacial score (nSPS) is 25.1. The van der Waals surface area contributed by atoms with Crippen molar-refractivity contribution in [2.24, 2.45) is 7.05 Å². The van der Waals surface area contributed by atoms with Crippen LogP contribution in [0.25, 0.3) is 0 Å². The maximum atomic E-state index is 11.7. The average Bonchev–Trinajstić information content (AvgIpc) is 2.40. The number of rotatable bonds is 0. The van der Waals surface area contributed by atoms with Gasteiger partial charge in [-0.1, -0.05) is 0 Å². The third-order valence-corrected chi connectivity index (χ3v) is 3.80. The van der Waals surface area contributed by atoms with Crippen LogP contribution in [0.4, 0.5) is 0 Å². The molecule has 0 aromatic carbocycles. The number of fused-ring (bicyclic) bond motifs is 1. The number of hydrogen-bond acceptors (Lipinski definition) is 2. The molecule has 17 heavy (non-hydrogen) atoms. The second-order valence-electron chi connectivity index (χ2n) is 6.06. The Morgan fingerprint density at radius 2 is 1.65 bits per heavy atom. The first-order valence-corrected chi connectivity index (χ1v) is 6.22. The molecule has 0 amide bonds. The number of hydrogen-bond donors (Lipinski definition) is 0. The summed E-state index contributed by atoms with van der Waals surface area (Å²) in [4.78, 5) is 14.2. The zero-order valence-corrected chi connectivity index (χ0v) is 11.6. The van der Waals surface area contributed by atoms with Gasteiger partial charge < -0.3 is 4.57 Å². The zero-order valence-electron chi connectivity index (χ0n) is 11.6. The molecule has 94 valence electrons. The summed E-state index contributed by atoms with van der Waals surface area (Å²) in [6, 6.07) is 2.48. The SMILES string of the molecule is CC1c2cc(=O)n(C)cc2C(C)N1C(C)(C)C. The third-order valence-electron chi connectivity index (χ3n) is 3.80. The smallest absolute Gasteiger partial charge is 0.250 e. The molecule has 0 N–H and O–H groups in total. The molecule has 1 aliphatic heterocycles. The first-order chi connectivity index (χ1) is 7.73. The Balaban J connectivity index is 2.57. The fraction of sp³-hybridized carbons (Fsp3) is 0.643. The van der Waals surface area contributed by atoms with Gasteiger partial charge in [-0.15, -0.1) is 0 Å². The van der Waals surface area contributed by atoms with Crippen molar-refractivity contribution in [1.82, 2.24) is 9.47 Å². The highest BCUT2D eigenvalue weighted by Gasteiger charge is 2.39. The lowest BCUT2D eigenvalue weighted by molar-refractivity contribution is 0.0672. The van der Waals surface area contributed by atoms with Gasteiger partial charge in [-0.25, -0.2) is 0 Å². The predicted molar refractivity (Wildman–Crippen MR) is 70.1 cm³/mol. The van der Waals surface area contributed by atoms with Crippen LogP contribution in [0.2, 0.25) is 0 Å². The van der Waals surface area contributed by atoms with E-state index in [9.17, 15) is 4.79 Å².